The number of nitrogens with one attached hydrogen (secondary N) is 1. The van der Waals surface area contributed by atoms with Gasteiger partial charge in [0.05, 0.1) is 11.1 Å². The van der Waals surface area contributed by atoms with Crippen molar-refractivity contribution in [1.29, 1.82) is 0 Å². The van der Waals surface area contributed by atoms with Gasteiger partial charge in [-0.3, -0.25) is 4.79 Å². The van der Waals surface area contributed by atoms with Crippen LogP contribution in [0.3, 0.4) is 0 Å². The van der Waals surface area contributed by atoms with Crippen LogP contribution in [0.15, 0.2) is 36.5 Å². The number of benzene rings is 1. The summed E-state index contributed by atoms with van der Waals surface area (Å²) in [5.74, 6) is 0.363. The zero-order valence-electron chi connectivity index (χ0n) is 13.9. The van der Waals surface area contributed by atoms with Crippen LogP contribution in [0.25, 0.3) is 0 Å². The average molecular weight is 352 g/mol. The minimum atomic E-state index is -0.212. The first-order chi connectivity index (χ1) is 11.6. The van der Waals surface area contributed by atoms with Crippen LogP contribution in [0.5, 0.6) is 5.75 Å². The highest BCUT2D eigenvalue weighted by Crippen LogP contribution is 2.23. The molecule has 0 spiro atoms. The highest BCUT2D eigenvalue weighted by atomic mass is 35.5. The van der Waals surface area contributed by atoms with Gasteiger partial charge in [0.1, 0.15) is 11.4 Å². The van der Waals surface area contributed by atoms with Gasteiger partial charge in [0.2, 0.25) is 0 Å². The molecule has 2 aromatic rings. The third-order valence-corrected chi connectivity index (χ3v) is 3.43. The highest BCUT2D eigenvalue weighted by Gasteiger charge is 2.09. The van der Waals surface area contributed by atoms with Crippen LogP contribution in [-0.2, 0) is 11.5 Å². The van der Waals surface area contributed by atoms with E-state index < -0.39 is 0 Å². The summed E-state index contributed by atoms with van der Waals surface area (Å²) >= 11 is 6.02. The Morgan fingerprint density at radius 3 is 2.88 bits per heavy atom. The lowest BCUT2D eigenvalue weighted by atomic mass is 10.3. The van der Waals surface area contributed by atoms with Crippen LogP contribution in [-0.4, -0.2) is 34.9 Å². The van der Waals surface area contributed by atoms with E-state index in [1.54, 1.807) is 29.1 Å². The van der Waals surface area contributed by atoms with Crippen LogP contribution in [0, 0.1) is 0 Å². The van der Waals surface area contributed by atoms with Gasteiger partial charge in [0.25, 0.3) is 5.91 Å². The van der Waals surface area contributed by atoms with Crippen molar-refractivity contribution in [3.63, 3.8) is 0 Å². The van der Waals surface area contributed by atoms with Gasteiger partial charge in [-0.05, 0) is 38.5 Å². The molecule has 0 saturated carbocycles. The van der Waals surface area contributed by atoms with Gasteiger partial charge in [0, 0.05) is 19.3 Å². The number of aromatic nitrogens is 2. The molecule has 6 nitrogen and oxygen atoms in total. The molecule has 0 atom stereocenters. The molecule has 130 valence electrons. The van der Waals surface area contributed by atoms with Crippen LogP contribution >= 0.6 is 11.6 Å². The van der Waals surface area contributed by atoms with E-state index in [1.807, 2.05) is 26.0 Å². The Morgan fingerprint density at radius 2 is 2.12 bits per heavy atom. The van der Waals surface area contributed by atoms with E-state index in [4.69, 9.17) is 21.1 Å². The normalized spacial score (nSPS) is 10.8. The minimum absolute atomic E-state index is 0.180. The number of hydrogen-bond acceptors (Lipinski definition) is 4. The molecule has 0 fully saturated rings. The van der Waals surface area contributed by atoms with Crippen LogP contribution in [0.2, 0.25) is 5.02 Å². The topological polar surface area (TPSA) is 65.4 Å². The quantitative estimate of drug-likeness (QED) is 0.705. The number of nitrogens with zero attached hydrogens (tertiary/aromatic N) is 2. The van der Waals surface area contributed by atoms with Crippen molar-refractivity contribution in [2.75, 3.05) is 13.2 Å². The predicted molar refractivity (Wildman–Crippen MR) is 92.3 cm³/mol. The standard InChI is InChI=1S/C17H22ClN3O3/c1-13(2)23-11-5-9-19-17(22)15-8-10-21(20-15)12-24-16-7-4-3-6-14(16)18/h3-4,6-8,10,13H,5,9,11-12H2,1-2H3,(H,19,22). The summed E-state index contributed by atoms with van der Waals surface area (Å²) in [6, 6.07) is 8.85. The molecule has 0 unspecified atom stereocenters. The van der Waals surface area contributed by atoms with Gasteiger partial charge in [-0.15, -0.1) is 0 Å². The maximum absolute atomic E-state index is 12.0. The summed E-state index contributed by atoms with van der Waals surface area (Å²) in [6.07, 6.45) is 2.66. The number of para-hydroxylation sites is 1. The van der Waals surface area contributed by atoms with E-state index in [9.17, 15) is 4.79 Å². The molecule has 1 aromatic heterocycles. The van der Waals surface area contributed by atoms with Crippen molar-refractivity contribution in [1.82, 2.24) is 15.1 Å². The van der Waals surface area contributed by atoms with E-state index >= 15 is 0 Å². The molecule has 24 heavy (non-hydrogen) atoms. The zero-order valence-corrected chi connectivity index (χ0v) is 14.6. The summed E-state index contributed by atoms with van der Waals surface area (Å²) in [5.41, 5.74) is 0.350. The van der Waals surface area contributed by atoms with E-state index in [2.05, 4.69) is 10.4 Å². The lowest BCUT2D eigenvalue weighted by Gasteiger charge is -2.08. The van der Waals surface area contributed by atoms with Crippen LogP contribution < -0.4 is 10.1 Å². The number of halogens is 1. The Balaban J connectivity index is 1.76. The maximum atomic E-state index is 12.0. The van der Waals surface area contributed by atoms with Gasteiger partial charge in [-0.2, -0.15) is 5.10 Å². The van der Waals surface area contributed by atoms with E-state index in [1.165, 1.54) is 0 Å². The molecule has 1 heterocycles. The number of carbonyl (C=O) groups is 1. The van der Waals surface area contributed by atoms with E-state index in [0.717, 1.165) is 6.42 Å². The Bertz CT molecular complexity index is 658. The second-order valence-corrected chi connectivity index (χ2v) is 5.88. The van der Waals surface area contributed by atoms with Gasteiger partial charge in [-0.1, -0.05) is 23.7 Å². The Hall–Kier alpha value is -2.05. The smallest absolute Gasteiger partial charge is 0.271 e. The van der Waals surface area contributed by atoms with Crippen LogP contribution in [0.1, 0.15) is 30.8 Å². The van der Waals surface area contributed by atoms with Crippen molar-refractivity contribution in [3.8, 4) is 5.75 Å². The monoisotopic (exact) mass is 351 g/mol. The Morgan fingerprint density at radius 1 is 1.33 bits per heavy atom. The molecule has 0 saturated heterocycles. The third kappa shape index (κ3) is 5.86. The molecule has 1 amide bonds. The van der Waals surface area contributed by atoms with Gasteiger partial charge >= 0.3 is 0 Å². The van der Waals surface area contributed by atoms with E-state index in [0.29, 0.717) is 29.6 Å². The summed E-state index contributed by atoms with van der Waals surface area (Å²) in [5, 5.41) is 7.53. The molecular weight excluding hydrogens is 330 g/mol. The molecule has 7 heteroatoms. The number of amides is 1. The molecule has 0 radical (unpaired) electrons. The lowest BCUT2D eigenvalue weighted by Crippen LogP contribution is -2.26. The summed E-state index contributed by atoms with van der Waals surface area (Å²) < 4.78 is 12.5. The Labute approximate surface area is 146 Å². The second kappa shape index (κ2) is 9.30. The number of hydrogen-bond donors (Lipinski definition) is 1. The average Bonchev–Trinajstić information content (AvgIpc) is 3.02. The third-order valence-electron chi connectivity index (χ3n) is 3.12. The number of ether oxygens (including phenoxy) is 2. The van der Waals surface area contributed by atoms with Crippen molar-refractivity contribution >= 4 is 17.5 Å². The zero-order chi connectivity index (χ0) is 17.4. The second-order valence-electron chi connectivity index (χ2n) is 5.47. The number of rotatable bonds is 9. The van der Waals surface area contributed by atoms with Crippen molar-refractivity contribution in [3.05, 3.63) is 47.2 Å². The molecule has 2 rings (SSSR count). The largest absolute Gasteiger partial charge is 0.470 e. The maximum Gasteiger partial charge on any atom is 0.271 e. The minimum Gasteiger partial charge on any atom is -0.470 e. The summed E-state index contributed by atoms with van der Waals surface area (Å²) in [7, 11) is 0. The first-order valence-electron chi connectivity index (χ1n) is 7.87. The SMILES string of the molecule is CC(C)OCCCNC(=O)c1ccn(COc2ccccc2Cl)n1. The summed E-state index contributed by atoms with van der Waals surface area (Å²) in [6.45, 7) is 5.32. The highest BCUT2D eigenvalue weighted by molar-refractivity contribution is 6.32. The fraction of sp³-hybridized carbons (Fsp3) is 0.412. The summed E-state index contributed by atoms with van der Waals surface area (Å²) in [4.78, 5) is 12.0. The van der Waals surface area contributed by atoms with Crippen LogP contribution in [0.4, 0.5) is 0 Å². The first kappa shape index (κ1) is 18.3. The van der Waals surface area contributed by atoms with Crippen molar-refractivity contribution < 1.29 is 14.3 Å². The van der Waals surface area contributed by atoms with Gasteiger partial charge in [-0.25, -0.2) is 4.68 Å². The molecule has 0 aliphatic heterocycles. The predicted octanol–water partition coefficient (Wildman–Crippen LogP) is 3.12. The number of carbonyl (C=O) groups excluding carboxylic acids is 1. The fourth-order valence-corrected chi connectivity index (χ4v) is 2.13. The first-order valence-corrected chi connectivity index (χ1v) is 8.24. The van der Waals surface area contributed by atoms with Gasteiger partial charge < -0.3 is 14.8 Å². The molecular formula is C17H22ClN3O3. The molecule has 0 bridgehead atoms. The van der Waals surface area contributed by atoms with Crippen molar-refractivity contribution in [2.24, 2.45) is 0 Å². The molecule has 1 aromatic carbocycles. The van der Waals surface area contributed by atoms with Gasteiger partial charge in [0.15, 0.2) is 6.73 Å². The lowest BCUT2D eigenvalue weighted by molar-refractivity contribution is 0.0756. The molecule has 1 N–H and O–H groups in total. The van der Waals surface area contributed by atoms with E-state index in [-0.39, 0.29) is 18.7 Å². The molecule has 0 aliphatic carbocycles. The van der Waals surface area contributed by atoms with Crippen molar-refractivity contribution in [2.45, 2.75) is 33.1 Å². The molecule has 0 aliphatic rings. The fourth-order valence-electron chi connectivity index (χ4n) is 1.94. The Kier molecular flexibility index (Phi) is 7.08.